The van der Waals surface area contributed by atoms with E-state index < -0.39 is 0 Å². The second kappa shape index (κ2) is 5.11. The van der Waals surface area contributed by atoms with Crippen LogP contribution in [0.4, 0.5) is 0 Å². The maximum Gasteiger partial charge on any atom is 0.0338 e. The standard InChI is InChI=1S/C11H21Cl/c1-3-9(4-2)10-6-5-7-11(12)8-10/h9-11H,3-8H2,1-2H3. The van der Waals surface area contributed by atoms with E-state index >= 15 is 0 Å². The number of hydrogen-bond acceptors (Lipinski definition) is 0. The molecule has 0 saturated heterocycles. The van der Waals surface area contributed by atoms with Crippen molar-refractivity contribution in [3.05, 3.63) is 0 Å². The molecule has 0 amide bonds. The summed E-state index contributed by atoms with van der Waals surface area (Å²) in [6.07, 6.45) is 7.98. The molecule has 72 valence electrons. The number of hydrogen-bond donors (Lipinski definition) is 0. The third-order valence-electron chi connectivity index (χ3n) is 3.37. The molecule has 0 bridgehead atoms. The molecule has 0 aromatic heterocycles. The maximum absolute atomic E-state index is 6.17. The lowest BCUT2D eigenvalue weighted by Gasteiger charge is -2.31. The molecule has 1 rings (SSSR count). The largest absolute Gasteiger partial charge is 0.123 e. The summed E-state index contributed by atoms with van der Waals surface area (Å²) >= 11 is 6.17. The predicted molar refractivity (Wildman–Crippen MR) is 55.7 cm³/mol. The first-order valence-corrected chi connectivity index (χ1v) is 5.85. The average Bonchev–Trinajstić information content (AvgIpc) is 2.07. The van der Waals surface area contributed by atoms with Crippen molar-refractivity contribution in [2.75, 3.05) is 0 Å². The Morgan fingerprint density at radius 1 is 1.25 bits per heavy atom. The normalized spacial score (nSPS) is 31.0. The number of halogens is 1. The van der Waals surface area contributed by atoms with Gasteiger partial charge >= 0.3 is 0 Å². The molecule has 2 atom stereocenters. The molecule has 0 radical (unpaired) electrons. The zero-order chi connectivity index (χ0) is 8.97. The zero-order valence-electron chi connectivity index (χ0n) is 8.35. The molecule has 1 aliphatic rings. The van der Waals surface area contributed by atoms with E-state index in [-0.39, 0.29) is 0 Å². The zero-order valence-corrected chi connectivity index (χ0v) is 9.11. The lowest BCUT2D eigenvalue weighted by atomic mass is 9.77. The molecule has 1 aliphatic carbocycles. The van der Waals surface area contributed by atoms with Crippen LogP contribution >= 0.6 is 11.6 Å². The second-order valence-corrected chi connectivity index (χ2v) is 4.72. The van der Waals surface area contributed by atoms with E-state index in [0.717, 1.165) is 11.8 Å². The molecule has 0 N–H and O–H groups in total. The van der Waals surface area contributed by atoms with Crippen LogP contribution in [0.25, 0.3) is 0 Å². The van der Waals surface area contributed by atoms with Crippen molar-refractivity contribution in [2.45, 2.75) is 57.7 Å². The predicted octanol–water partition coefficient (Wildman–Crippen LogP) is 4.22. The van der Waals surface area contributed by atoms with Gasteiger partial charge in [0.1, 0.15) is 0 Å². The SMILES string of the molecule is CCC(CC)C1CCCC(Cl)C1. The highest BCUT2D eigenvalue weighted by molar-refractivity contribution is 6.20. The van der Waals surface area contributed by atoms with Gasteiger partial charge in [-0.1, -0.05) is 39.5 Å². The van der Waals surface area contributed by atoms with Crippen molar-refractivity contribution < 1.29 is 0 Å². The minimum atomic E-state index is 0.476. The van der Waals surface area contributed by atoms with Crippen LogP contribution in [0.15, 0.2) is 0 Å². The van der Waals surface area contributed by atoms with E-state index in [1.807, 2.05) is 0 Å². The van der Waals surface area contributed by atoms with Crippen LogP contribution in [0.1, 0.15) is 52.4 Å². The molecule has 0 heterocycles. The summed E-state index contributed by atoms with van der Waals surface area (Å²) < 4.78 is 0. The minimum absolute atomic E-state index is 0.476. The van der Waals surface area contributed by atoms with Gasteiger partial charge in [0.25, 0.3) is 0 Å². The van der Waals surface area contributed by atoms with Crippen LogP contribution in [0, 0.1) is 11.8 Å². The molecular weight excluding hydrogens is 168 g/mol. The molecule has 1 saturated carbocycles. The van der Waals surface area contributed by atoms with Gasteiger partial charge in [-0.25, -0.2) is 0 Å². The molecule has 0 aliphatic heterocycles. The van der Waals surface area contributed by atoms with Gasteiger partial charge in [0.2, 0.25) is 0 Å². The molecule has 1 fully saturated rings. The van der Waals surface area contributed by atoms with Crippen molar-refractivity contribution in [3.63, 3.8) is 0 Å². The van der Waals surface area contributed by atoms with Crippen molar-refractivity contribution in [3.8, 4) is 0 Å². The van der Waals surface area contributed by atoms with Crippen LogP contribution in [-0.4, -0.2) is 5.38 Å². The van der Waals surface area contributed by atoms with E-state index in [0.29, 0.717) is 5.38 Å². The summed E-state index contributed by atoms with van der Waals surface area (Å²) in [5.41, 5.74) is 0. The van der Waals surface area contributed by atoms with Gasteiger partial charge in [0.05, 0.1) is 0 Å². The molecule has 12 heavy (non-hydrogen) atoms. The van der Waals surface area contributed by atoms with Crippen LogP contribution in [0.2, 0.25) is 0 Å². The lowest BCUT2D eigenvalue weighted by Crippen LogP contribution is -2.22. The Balaban J connectivity index is 2.38. The Kier molecular flexibility index (Phi) is 4.42. The number of alkyl halides is 1. The van der Waals surface area contributed by atoms with Crippen molar-refractivity contribution in [1.29, 1.82) is 0 Å². The average molecular weight is 189 g/mol. The number of rotatable bonds is 3. The maximum atomic E-state index is 6.17. The van der Waals surface area contributed by atoms with E-state index in [9.17, 15) is 0 Å². The summed E-state index contributed by atoms with van der Waals surface area (Å²) in [5.74, 6) is 1.86. The minimum Gasteiger partial charge on any atom is -0.123 e. The fourth-order valence-electron chi connectivity index (χ4n) is 2.55. The quantitative estimate of drug-likeness (QED) is 0.582. The Morgan fingerprint density at radius 2 is 1.92 bits per heavy atom. The molecule has 1 heteroatoms. The summed E-state index contributed by atoms with van der Waals surface area (Å²) in [5, 5.41) is 0.476. The highest BCUT2D eigenvalue weighted by Crippen LogP contribution is 2.35. The molecule has 0 spiro atoms. The van der Waals surface area contributed by atoms with Gasteiger partial charge in [0.15, 0.2) is 0 Å². The van der Waals surface area contributed by atoms with Gasteiger partial charge < -0.3 is 0 Å². The van der Waals surface area contributed by atoms with Crippen LogP contribution in [0.5, 0.6) is 0 Å². The van der Waals surface area contributed by atoms with Crippen molar-refractivity contribution >= 4 is 11.6 Å². The van der Waals surface area contributed by atoms with E-state index in [4.69, 9.17) is 11.6 Å². The van der Waals surface area contributed by atoms with Crippen molar-refractivity contribution in [1.82, 2.24) is 0 Å². The molecule has 0 aromatic carbocycles. The summed E-state index contributed by atoms with van der Waals surface area (Å²) in [7, 11) is 0. The van der Waals surface area contributed by atoms with Gasteiger partial charge in [-0.15, -0.1) is 11.6 Å². The monoisotopic (exact) mass is 188 g/mol. The smallest absolute Gasteiger partial charge is 0.0338 e. The summed E-state index contributed by atoms with van der Waals surface area (Å²) in [6, 6.07) is 0. The second-order valence-electron chi connectivity index (χ2n) is 4.10. The van der Waals surface area contributed by atoms with Gasteiger partial charge in [-0.05, 0) is 24.7 Å². The molecular formula is C11H21Cl. The van der Waals surface area contributed by atoms with Crippen LogP contribution in [0.3, 0.4) is 0 Å². The van der Waals surface area contributed by atoms with E-state index in [2.05, 4.69) is 13.8 Å². The Labute approximate surface area is 81.7 Å². The Hall–Kier alpha value is 0.290. The molecule has 2 unspecified atom stereocenters. The lowest BCUT2D eigenvalue weighted by molar-refractivity contribution is 0.239. The first kappa shape index (κ1) is 10.4. The van der Waals surface area contributed by atoms with Crippen LogP contribution in [-0.2, 0) is 0 Å². The third kappa shape index (κ3) is 2.65. The van der Waals surface area contributed by atoms with E-state index in [1.54, 1.807) is 0 Å². The van der Waals surface area contributed by atoms with Gasteiger partial charge in [0, 0.05) is 5.38 Å². The first-order valence-electron chi connectivity index (χ1n) is 5.42. The molecule has 0 aromatic rings. The fraction of sp³-hybridized carbons (Fsp3) is 1.00. The fourth-order valence-corrected chi connectivity index (χ4v) is 2.93. The summed E-state index contributed by atoms with van der Waals surface area (Å²) in [4.78, 5) is 0. The highest BCUT2D eigenvalue weighted by atomic mass is 35.5. The molecule has 0 nitrogen and oxygen atoms in total. The Bertz CT molecular complexity index is 118. The Morgan fingerprint density at radius 3 is 2.42 bits per heavy atom. The summed E-state index contributed by atoms with van der Waals surface area (Å²) in [6.45, 7) is 4.62. The first-order chi connectivity index (χ1) is 5.77. The topological polar surface area (TPSA) is 0 Å². The van der Waals surface area contributed by atoms with Gasteiger partial charge in [-0.3, -0.25) is 0 Å². The van der Waals surface area contributed by atoms with Crippen molar-refractivity contribution in [2.24, 2.45) is 11.8 Å². The van der Waals surface area contributed by atoms with E-state index in [1.165, 1.54) is 38.5 Å². The van der Waals surface area contributed by atoms with Gasteiger partial charge in [-0.2, -0.15) is 0 Å². The van der Waals surface area contributed by atoms with Crippen LogP contribution < -0.4 is 0 Å². The third-order valence-corrected chi connectivity index (χ3v) is 3.76. The highest BCUT2D eigenvalue weighted by Gasteiger charge is 2.25.